The van der Waals surface area contributed by atoms with Gasteiger partial charge in [-0.05, 0) is 32.1 Å². The van der Waals surface area contributed by atoms with Crippen molar-refractivity contribution in [1.82, 2.24) is 0 Å². The van der Waals surface area contributed by atoms with Gasteiger partial charge in [0.05, 0.1) is 12.0 Å². The summed E-state index contributed by atoms with van der Waals surface area (Å²) in [7, 11) is 0. The van der Waals surface area contributed by atoms with Crippen LogP contribution in [0.2, 0.25) is 0 Å². The van der Waals surface area contributed by atoms with Gasteiger partial charge in [0.1, 0.15) is 18.3 Å². The lowest BCUT2D eigenvalue weighted by atomic mass is 9.66. The highest BCUT2D eigenvalue weighted by Gasteiger charge is 2.66. The molecule has 0 aromatic carbocycles. The van der Waals surface area contributed by atoms with Gasteiger partial charge in [-0.25, -0.2) is 9.59 Å². The van der Waals surface area contributed by atoms with Crippen molar-refractivity contribution in [2.45, 2.75) is 85.2 Å². The van der Waals surface area contributed by atoms with Crippen molar-refractivity contribution in [3.8, 4) is 0 Å². The van der Waals surface area contributed by atoms with Gasteiger partial charge in [0.2, 0.25) is 0 Å². The number of esters is 3. The number of aliphatic hydroxyl groups is 1. The van der Waals surface area contributed by atoms with Crippen LogP contribution in [0.25, 0.3) is 0 Å². The van der Waals surface area contributed by atoms with Crippen LogP contribution in [0.15, 0.2) is 23.8 Å². The Bertz CT molecular complexity index is 828. The molecule has 32 heavy (non-hydrogen) atoms. The molecule has 0 aromatic rings. The van der Waals surface area contributed by atoms with Crippen molar-refractivity contribution in [3.63, 3.8) is 0 Å². The van der Waals surface area contributed by atoms with Crippen LogP contribution in [0.5, 0.6) is 0 Å². The average Bonchev–Trinajstić information content (AvgIpc) is 3.07. The number of fused-ring (bicyclic) bond motifs is 2. The van der Waals surface area contributed by atoms with Crippen LogP contribution in [0.3, 0.4) is 0 Å². The molecule has 3 aliphatic rings. The zero-order valence-corrected chi connectivity index (χ0v) is 19.9. The van der Waals surface area contributed by atoms with E-state index in [0.29, 0.717) is 12.0 Å². The highest BCUT2D eigenvalue weighted by molar-refractivity contribution is 5.91. The zero-order chi connectivity index (χ0) is 24.0. The van der Waals surface area contributed by atoms with Crippen LogP contribution >= 0.6 is 0 Å². The number of carbonyl (C=O) groups is 3. The standard InChI is InChI=1S/C25H36O7/c1-8-13(4)23(28)32-22-20-15(6)24(29)30-17(20)10-14(5)21-16(26)11-18(25(21,22)7)31-19(27)9-12(2)3/h8,12,14,16-18,20-22,26H,6,9-11H2,1-5,7H3. The van der Waals surface area contributed by atoms with Crippen LogP contribution in [-0.2, 0) is 28.6 Å². The van der Waals surface area contributed by atoms with Gasteiger partial charge in [-0.3, -0.25) is 4.79 Å². The van der Waals surface area contributed by atoms with E-state index in [1.807, 2.05) is 27.7 Å². The monoisotopic (exact) mass is 448 g/mol. The fourth-order valence-corrected chi connectivity index (χ4v) is 5.98. The van der Waals surface area contributed by atoms with E-state index in [1.54, 1.807) is 19.9 Å². The summed E-state index contributed by atoms with van der Waals surface area (Å²) in [5.41, 5.74) is -0.221. The Balaban J connectivity index is 2.08. The Labute approximate surface area is 190 Å². The molecule has 7 heteroatoms. The normalized spacial score (nSPS) is 39.2. The third-order valence-corrected chi connectivity index (χ3v) is 7.60. The van der Waals surface area contributed by atoms with E-state index in [4.69, 9.17) is 14.2 Å². The van der Waals surface area contributed by atoms with Crippen molar-refractivity contribution < 1.29 is 33.7 Å². The van der Waals surface area contributed by atoms with Gasteiger partial charge < -0.3 is 19.3 Å². The number of hydrogen-bond donors (Lipinski definition) is 1. The van der Waals surface area contributed by atoms with Crippen LogP contribution in [-0.4, -0.2) is 47.4 Å². The summed E-state index contributed by atoms with van der Waals surface area (Å²) in [6, 6.07) is 0. The maximum atomic E-state index is 12.9. The van der Waals surface area contributed by atoms with E-state index in [0.717, 1.165) is 0 Å². The molecule has 3 fully saturated rings. The van der Waals surface area contributed by atoms with E-state index in [9.17, 15) is 19.5 Å². The predicted molar refractivity (Wildman–Crippen MR) is 117 cm³/mol. The van der Waals surface area contributed by atoms with Gasteiger partial charge in [0.25, 0.3) is 0 Å². The second-order valence-electron chi connectivity index (χ2n) is 10.3. The number of allylic oxidation sites excluding steroid dienone is 1. The number of hydrogen-bond acceptors (Lipinski definition) is 7. The lowest BCUT2D eigenvalue weighted by Crippen LogP contribution is -2.52. The number of carbonyl (C=O) groups excluding carboxylic acids is 3. The summed E-state index contributed by atoms with van der Waals surface area (Å²) in [4.78, 5) is 37.9. The first-order chi connectivity index (χ1) is 14.9. The van der Waals surface area contributed by atoms with Gasteiger partial charge in [-0.1, -0.05) is 40.3 Å². The number of aliphatic hydroxyl groups excluding tert-OH is 1. The van der Waals surface area contributed by atoms with Gasteiger partial charge in [-0.2, -0.15) is 0 Å². The second kappa shape index (κ2) is 9.00. The third kappa shape index (κ3) is 4.12. The van der Waals surface area contributed by atoms with Crippen molar-refractivity contribution in [2.75, 3.05) is 0 Å². The minimum atomic E-state index is -0.911. The van der Waals surface area contributed by atoms with E-state index in [-0.39, 0.29) is 42.1 Å². The van der Waals surface area contributed by atoms with Gasteiger partial charge >= 0.3 is 17.9 Å². The van der Waals surface area contributed by atoms with Crippen molar-refractivity contribution in [2.24, 2.45) is 29.1 Å². The van der Waals surface area contributed by atoms with Crippen LogP contribution in [0.1, 0.15) is 60.8 Å². The van der Waals surface area contributed by atoms with E-state index < -0.39 is 47.7 Å². The quantitative estimate of drug-likeness (QED) is 0.391. The van der Waals surface area contributed by atoms with Crippen LogP contribution in [0, 0.1) is 29.1 Å². The molecule has 2 aliphatic carbocycles. The Morgan fingerprint density at radius 3 is 2.56 bits per heavy atom. The molecule has 7 nitrogen and oxygen atoms in total. The first-order valence-corrected chi connectivity index (χ1v) is 11.5. The lowest BCUT2D eigenvalue weighted by Gasteiger charge is -2.44. The van der Waals surface area contributed by atoms with Crippen molar-refractivity contribution in [1.29, 1.82) is 0 Å². The molecule has 8 atom stereocenters. The summed E-state index contributed by atoms with van der Waals surface area (Å²) in [5.74, 6) is -2.15. The Morgan fingerprint density at radius 2 is 1.97 bits per heavy atom. The SMILES string of the molecule is C=C1C(=O)OC2CC(C)C3C(O)CC(OC(=O)CC(C)C)C3(C)C(OC(=O)C(C)=CC)C12. The van der Waals surface area contributed by atoms with Crippen molar-refractivity contribution >= 4 is 17.9 Å². The second-order valence-corrected chi connectivity index (χ2v) is 10.3. The molecule has 0 aromatic heterocycles. The first-order valence-electron chi connectivity index (χ1n) is 11.5. The van der Waals surface area contributed by atoms with E-state index in [1.165, 1.54) is 0 Å². The fourth-order valence-electron chi connectivity index (χ4n) is 5.98. The molecule has 1 heterocycles. The summed E-state index contributed by atoms with van der Waals surface area (Å²) in [6.45, 7) is 15.1. The molecule has 1 aliphatic heterocycles. The summed E-state index contributed by atoms with van der Waals surface area (Å²) < 4.78 is 17.6. The highest BCUT2D eigenvalue weighted by atomic mass is 16.6. The summed E-state index contributed by atoms with van der Waals surface area (Å²) in [5, 5.41) is 11.1. The molecule has 1 N–H and O–H groups in total. The minimum absolute atomic E-state index is 0.0542. The topological polar surface area (TPSA) is 99.1 Å². The maximum Gasteiger partial charge on any atom is 0.334 e. The van der Waals surface area contributed by atoms with E-state index in [2.05, 4.69) is 6.58 Å². The predicted octanol–water partition coefficient (Wildman–Crippen LogP) is 3.35. The van der Waals surface area contributed by atoms with Crippen molar-refractivity contribution in [3.05, 3.63) is 23.8 Å². The molecule has 0 amide bonds. The first kappa shape index (κ1) is 24.5. The average molecular weight is 449 g/mol. The fraction of sp³-hybridized carbons (Fsp3) is 0.720. The largest absolute Gasteiger partial charge is 0.462 e. The number of ether oxygens (including phenoxy) is 3. The summed E-state index contributed by atoms with van der Waals surface area (Å²) >= 11 is 0. The molecule has 0 radical (unpaired) electrons. The summed E-state index contributed by atoms with van der Waals surface area (Å²) in [6.07, 6.45) is -0.0613. The molecular formula is C25H36O7. The smallest absolute Gasteiger partial charge is 0.334 e. The number of rotatable bonds is 5. The maximum absolute atomic E-state index is 12.9. The van der Waals surface area contributed by atoms with Gasteiger partial charge in [0, 0.05) is 35.3 Å². The molecule has 0 bridgehead atoms. The molecule has 0 spiro atoms. The van der Waals surface area contributed by atoms with E-state index >= 15 is 0 Å². The van der Waals surface area contributed by atoms with Gasteiger partial charge in [0.15, 0.2) is 0 Å². The zero-order valence-electron chi connectivity index (χ0n) is 19.9. The Hall–Kier alpha value is -2.15. The van der Waals surface area contributed by atoms with Crippen LogP contribution < -0.4 is 0 Å². The molecule has 8 unspecified atom stereocenters. The third-order valence-electron chi connectivity index (χ3n) is 7.60. The Kier molecular flexibility index (Phi) is 6.89. The molecule has 2 saturated carbocycles. The minimum Gasteiger partial charge on any atom is -0.462 e. The van der Waals surface area contributed by atoms with Gasteiger partial charge in [-0.15, -0.1) is 0 Å². The lowest BCUT2D eigenvalue weighted by molar-refractivity contribution is -0.177. The Morgan fingerprint density at radius 1 is 1.31 bits per heavy atom. The van der Waals surface area contributed by atoms with Crippen LogP contribution in [0.4, 0.5) is 0 Å². The highest BCUT2D eigenvalue weighted by Crippen LogP contribution is 2.59. The molecule has 1 saturated heterocycles. The molecule has 3 rings (SSSR count). The molecular weight excluding hydrogens is 412 g/mol. The molecule has 178 valence electrons.